The van der Waals surface area contributed by atoms with E-state index in [4.69, 9.17) is 9.47 Å². The highest BCUT2D eigenvalue weighted by molar-refractivity contribution is 7.99. The second-order valence-electron chi connectivity index (χ2n) is 9.28. The fraction of sp³-hybridized carbons (Fsp3) is 0.636. The van der Waals surface area contributed by atoms with Crippen LogP contribution in [0, 0.1) is 0 Å². The predicted molar refractivity (Wildman–Crippen MR) is 116 cm³/mol. The van der Waals surface area contributed by atoms with E-state index in [1.807, 2.05) is 59.7 Å². The van der Waals surface area contributed by atoms with E-state index < -0.39 is 17.3 Å². The number of thioether (sulfide) groups is 1. The Balaban J connectivity index is 2.03. The van der Waals surface area contributed by atoms with Crippen molar-refractivity contribution in [1.82, 2.24) is 10.2 Å². The van der Waals surface area contributed by atoms with Crippen molar-refractivity contribution in [2.24, 2.45) is 0 Å². The van der Waals surface area contributed by atoms with Crippen LogP contribution in [0.3, 0.4) is 0 Å². The van der Waals surface area contributed by atoms with E-state index >= 15 is 0 Å². The maximum atomic E-state index is 12.9. The molecule has 6 nitrogen and oxygen atoms in total. The summed E-state index contributed by atoms with van der Waals surface area (Å²) in [5, 5.41) is 2.81. The number of nitrogens with zero attached hydrogens (tertiary/aromatic N) is 1. The molecule has 29 heavy (non-hydrogen) atoms. The number of hydrogen-bond acceptors (Lipinski definition) is 5. The molecule has 1 aliphatic rings. The van der Waals surface area contributed by atoms with Crippen LogP contribution in [0.2, 0.25) is 0 Å². The van der Waals surface area contributed by atoms with Crippen molar-refractivity contribution in [1.29, 1.82) is 0 Å². The summed E-state index contributed by atoms with van der Waals surface area (Å²) in [4.78, 5) is 27.9. The first-order valence-electron chi connectivity index (χ1n) is 10.1. The highest BCUT2D eigenvalue weighted by Crippen LogP contribution is 2.31. The molecule has 0 spiro atoms. The first-order valence-corrected chi connectivity index (χ1v) is 11.1. The number of ether oxygens (including phenoxy) is 2. The number of amides is 2. The SMILES string of the molecule is CC(C)(C)OC(=O)NC[C@@H]1CC[C@H](CSc2ccccc2)N1C(=O)OC(C)(C)C. The third-order valence-corrected chi connectivity index (χ3v) is 5.45. The molecule has 0 aliphatic carbocycles. The van der Waals surface area contributed by atoms with Gasteiger partial charge in [0.05, 0.1) is 6.04 Å². The van der Waals surface area contributed by atoms with Crippen molar-refractivity contribution in [2.45, 2.75) is 82.6 Å². The lowest BCUT2D eigenvalue weighted by Gasteiger charge is -2.33. The number of carbonyl (C=O) groups is 2. The Morgan fingerprint density at radius 1 is 1.00 bits per heavy atom. The van der Waals surface area contributed by atoms with E-state index in [-0.39, 0.29) is 18.2 Å². The summed E-state index contributed by atoms with van der Waals surface area (Å²) in [5.74, 6) is 0.784. The van der Waals surface area contributed by atoms with Gasteiger partial charge in [0.1, 0.15) is 11.2 Å². The van der Waals surface area contributed by atoms with Crippen LogP contribution in [0.4, 0.5) is 9.59 Å². The molecule has 0 bridgehead atoms. The lowest BCUT2D eigenvalue weighted by atomic mass is 10.2. The van der Waals surface area contributed by atoms with Crippen molar-refractivity contribution in [3.8, 4) is 0 Å². The van der Waals surface area contributed by atoms with Gasteiger partial charge in [0.15, 0.2) is 0 Å². The molecule has 1 aliphatic heterocycles. The van der Waals surface area contributed by atoms with Gasteiger partial charge in [-0.15, -0.1) is 11.8 Å². The molecule has 1 saturated heterocycles. The molecule has 0 radical (unpaired) electrons. The van der Waals surface area contributed by atoms with Crippen LogP contribution in [0.5, 0.6) is 0 Å². The first kappa shape index (κ1) is 23.4. The number of benzene rings is 1. The number of carbonyl (C=O) groups excluding carboxylic acids is 2. The van der Waals surface area contributed by atoms with E-state index in [1.54, 1.807) is 16.7 Å². The first-order chi connectivity index (χ1) is 13.4. The number of hydrogen-bond donors (Lipinski definition) is 1. The molecule has 162 valence electrons. The summed E-state index contributed by atoms with van der Waals surface area (Å²) in [6.45, 7) is 11.4. The van der Waals surface area contributed by atoms with Crippen LogP contribution in [0.1, 0.15) is 54.4 Å². The zero-order chi connectivity index (χ0) is 21.7. The smallest absolute Gasteiger partial charge is 0.410 e. The molecule has 0 saturated carbocycles. The van der Waals surface area contributed by atoms with Crippen LogP contribution in [0.15, 0.2) is 35.2 Å². The van der Waals surface area contributed by atoms with Crippen molar-refractivity contribution in [2.75, 3.05) is 12.3 Å². The van der Waals surface area contributed by atoms with Gasteiger partial charge >= 0.3 is 12.2 Å². The van der Waals surface area contributed by atoms with Crippen molar-refractivity contribution >= 4 is 23.9 Å². The van der Waals surface area contributed by atoms with Crippen LogP contribution in [0.25, 0.3) is 0 Å². The van der Waals surface area contributed by atoms with Crippen LogP contribution >= 0.6 is 11.8 Å². The summed E-state index contributed by atoms with van der Waals surface area (Å²) in [5.41, 5.74) is -1.13. The van der Waals surface area contributed by atoms with Gasteiger partial charge < -0.3 is 14.8 Å². The lowest BCUT2D eigenvalue weighted by molar-refractivity contribution is 0.0151. The van der Waals surface area contributed by atoms with Gasteiger partial charge in [-0.2, -0.15) is 0 Å². The highest BCUT2D eigenvalue weighted by Gasteiger charge is 2.39. The second-order valence-corrected chi connectivity index (χ2v) is 10.4. The highest BCUT2D eigenvalue weighted by atomic mass is 32.2. The molecule has 1 N–H and O–H groups in total. The normalized spacial score (nSPS) is 19.7. The monoisotopic (exact) mass is 422 g/mol. The summed E-state index contributed by atoms with van der Waals surface area (Å²) >= 11 is 1.73. The van der Waals surface area contributed by atoms with E-state index in [2.05, 4.69) is 17.4 Å². The maximum absolute atomic E-state index is 12.9. The fourth-order valence-corrected chi connectivity index (χ4v) is 4.22. The Labute approximate surface area is 178 Å². The Morgan fingerprint density at radius 3 is 2.17 bits per heavy atom. The van der Waals surface area contributed by atoms with Gasteiger partial charge in [0.2, 0.25) is 0 Å². The molecular formula is C22H34N2O4S. The summed E-state index contributed by atoms with van der Waals surface area (Å²) in [7, 11) is 0. The van der Waals surface area contributed by atoms with Crippen molar-refractivity contribution in [3.63, 3.8) is 0 Å². The van der Waals surface area contributed by atoms with Gasteiger partial charge in [-0.1, -0.05) is 18.2 Å². The third kappa shape index (κ3) is 8.17. The van der Waals surface area contributed by atoms with Gasteiger partial charge in [-0.3, -0.25) is 4.90 Å². The second kappa shape index (κ2) is 9.74. The lowest BCUT2D eigenvalue weighted by Crippen LogP contribution is -2.49. The fourth-order valence-electron chi connectivity index (χ4n) is 3.16. The minimum atomic E-state index is -0.570. The van der Waals surface area contributed by atoms with Gasteiger partial charge in [0, 0.05) is 23.2 Å². The van der Waals surface area contributed by atoms with Gasteiger partial charge in [0.25, 0.3) is 0 Å². The summed E-state index contributed by atoms with van der Waals surface area (Å²) in [6.07, 6.45) is 0.892. The predicted octanol–water partition coefficient (Wildman–Crippen LogP) is 5.07. The van der Waals surface area contributed by atoms with Crippen molar-refractivity contribution in [3.05, 3.63) is 30.3 Å². The summed E-state index contributed by atoms with van der Waals surface area (Å²) < 4.78 is 11.0. The standard InChI is InChI=1S/C22H34N2O4S/c1-21(2,3)27-19(25)23-14-16-12-13-17(15-29-18-10-8-7-9-11-18)24(16)20(26)28-22(4,5)6/h7-11,16-17H,12-15H2,1-6H3,(H,23,25)/t16-,17+/m0/s1. The Bertz CT molecular complexity index is 682. The minimum Gasteiger partial charge on any atom is -0.444 e. The molecule has 1 aromatic carbocycles. The maximum Gasteiger partial charge on any atom is 0.410 e. The Hall–Kier alpha value is -1.89. The van der Waals surface area contributed by atoms with Crippen LogP contribution < -0.4 is 5.32 Å². The molecule has 2 atom stereocenters. The zero-order valence-corrected chi connectivity index (χ0v) is 19.2. The van der Waals surface area contributed by atoms with Crippen LogP contribution in [-0.4, -0.2) is 52.7 Å². The summed E-state index contributed by atoms with van der Waals surface area (Å²) in [6, 6.07) is 10.1. The van der Waals surface area contributed by atoms with Gasteiger partial charge in [-0.25, -0.2) is 9.59 Å². The number of likely N-dealkylation sites (tertiary alicyclic amines) is 1. The topological polar surface area (TPSA) is 67.9 Å². The minimum absolute atomic E-state index is 0.0560. The van der Waals surface area contributed by atoms with Gasteiger partial charge in [-0.05, 0) is 66.5 Å². The number of nitrogens with one attached hydrogen (secondary N) is 1. The molecule has 1 heterocycles. The molecule has 1 fully saturated rings. The molecule has 2 rings (SSSR count). The quantitative estimate of drug-likeness (QED) is 0.671. The molecule has 0 aromatic heterocycles. The Kier molecular flexibility index (Phi) is 7.86. The average molecular weight is 423 g/mol. The van der Waals surface area contributed by atoms with E-state index in [0.717, 1.165) is 18.6 Å². The van der Waals surface area contributed by atoms with E-state index in [9.17, 15) is 9.59 Å². The number of alkyl carbamates (subject to hydrolysis) is 1. The van der Waals surface area contributed by atoms with E-state index in [1.165, 1.54) is 4.90 Å². The largest absolute Gasteiger partial charge is 0.444 e. The molecular weight excluding hydrogens is 388 g/mol. The molecule has 0 unspecified atom stereocenters. The van der Waals surface area contributed by atoms with Crippen molar-refractivity contribution < 1.29 is 19.1 Å². The molecule has 7 heteroatoms. The molecule has 1 aromatic rings. The zero-order valence-electron chi connectivity index (χ0n) is 18.4. The Morgan fingerprint density at radius 2 is 1.59 bits per heavy atom. The third-order valence-electron chi connectivity index (χ3n) is 4.29. The number of rotatable bonds is 5. The molecule has 2 amide bonds. The van der Waals surface area contributed by atoms with Crippen LogP contribution in [-0.2, 0) is 9.47 Å². The average Bonchev–Trinajstić information content (AvgIpc) is 2.99. The van der Waals surface area contributed by atoms with E-state index in [0.29, 0.717) is 6.54 Å².